The molecule has 0 spiro atoms. The molecule has 2 aromatic heterocycles. The fourth-order valence-corrected chi connectivity index (χ4v) is 3.04. The van der Waals surface area contributed by atoms with Crippen LogP contribution in [0.4, 0.5) is 5.13 Å². The van der Waals surface area contributed by atoms with Crippen molar-refractivity contribution in [2.75, 3.05) is 5.32 Å². The van der Waals surface area contributed by atoms with Crippen LogP contribution < -0.4 is 5.32 Å². The first-order chi connectivity index (χ1) is 8.69. The van der Waals surface area contributed by atoms with Crippen LogP contribution in [0, 0.1) is 0 Å². The van der Waals surface area contributed by atoms with Gasteiger partial charge in [-0.25, -0.2) is 0 Å². The Labute approximate surface area is 118 Å². The number of halogens is 1. The zero-order chi connectivity index (χ0) is 13.0. The lowest BCUT2D eigenvalue weighted by Gasteiger charge is -1.96. The summed E-state index contributed by atoms with van der Waals surface area (Å²) >= 11 is 8.45. The van der Waals surface area contributed by atoms with Crippen LogP contribution in [0.5, 0.6) is 0 Å². The van der Waals surface area contributed by atoms with Gasteiger partial charge in [-0.1, -0.05) is 36.3 Å². The molecule has 0 saturated heterocycles. The molecule has 0 aliphatic heterocycles. The third-order valence-corrected chi connectivity index (χ3v) is 4.36. The van der Waals surface area contributed by atoms with Gasteiger partial charge in [-0.3, -0.25) is 10.1 Å². The molecule has 0 aromatic carbocycles. The van der Waals surface area contributed by atoms with Crippen molar-refractivity contribution in [1.82, 2.24) is 10.2 Å². The number of aromatic nitrogens is 2. The van der Waals surface area contributed by atoms with E-state index in [9.17, 15) is 4.79 Å². The number of anilines is 1. The number of carbonyl (C=O) groups is 1. The Bertz CT molecular complexity index is 538. The maximum Gasteiger partial charge on any atom is 0.267 e. The Hall–Kier alpha value is -0.980. The molecule has 2 rings (SSSR count). The van der Waals surface area contributed by atoms with Gasteiger partial charge in [0.05, 0.1) is 9.21 Å². The molecule has 0 aliphatic rings. The van der Waals surface area contributed by atoms with Crippen molar-refractivity contribution in [3.05, 3.63) is 26.4 Å². The molecular formula is C11H12ClN3OS2. The molecule has 0 atom stereocenters. The first-order valence-electron chi connectivity index (χ1n) is 5.58. The first-order valence-corrected chi connectivity index (χ1v) is 7.59. The zero-order valence-corrected chi connectivity index (χ0v) is 12.2. The fraction of sp³-hybridized carbons (Fsp3) is 0.364. The van der Waals surface area contributed by atoms with Gasteiger partial charge in [0.25, 0.3) is 5.91 Å². The van der Waals surface area contributed by atoms with Crippen molar-refractivity contribution in [1.29, 1.82) is 0 Å². The highest BCUT2D eigenvalue weighted by molar-refractivity contribution is 7.18. The second-order valence-electron chi connectivity index (χ2n) is 3.66. The molecule has 0 saturated carbocycles. The van der Waals surface area contributed by atoms with Crippen LogP contribution in [-0.4, -0.2) is 16.1 Å². The predicted molar refractivity (Wildman–Crippen MR) is 75.8 cm³/mol. The van der Waals surface area contributed by atoms with Gasteiger partial charge in [0.2, 0.25) is 5.13 Å². The number of carbonyl (C=O) groups excluding carboxylic acids is 1. The predicted octanol–water partition coefficient (Wildman–Crippen LogP) is 3.85. The highest BCUT2D eigenvalue weighted by Gasteiger charge is 2.11. The van der Waals surface area contributed by atoms with E-state index in [4.69, 9.17) is 11.6 Å². The molecule has 2 aromatic rings. The van der Waals surface area contributed by atoms with Crippen molar-refractivity contribution >= 4 is 45.3 Å². The molecule has 1 N–H and O–H groups in total. The van der Waals surface area contributed by atoms with E-state index in [-0.39, 0.29) is 5.91 Å². The van der Waals surface area contributed by atoms with Gasteiger partial charge in [0.1, 0.15) is 5.01 Å². The fourth-order valence-electron chi connectivity index (χ4n) is 1.33. The van der Waals surface area contributed by atoms with Gasteiger partial charge in [-0.05, 0) is 18.6 Å². The Morgan fingerprint density at radius 2 is 2.22 bits per heavy atom. The van der Waals surface area contributed by atoms with Crippen LogP contribution >= 0.6 is 34.3 Å². The minimum atomic E-state index is -0.190. The van der Waals surface area contributed by atoms with Crippen LogP contribution in [0.15, 0.2) is 12.1 Å². The molecule has 0 fully saturated rings. The Balaban J connectivity index is 1.97. The maximum atomic E-state index is 11.8. The molecule has 0 unspecified atom stereocenters. The van der Waals surface area contributed by atoms with Crippen LogP contribution in [0.25, 0.3) is 0 Å². The Morgan fingerprint density at radius 3 is 2.89 bits per heavy atom. The molecule has 7 heteroatoms. The summed E-state index contributed by atoms with van der Waals surface area (Å²) in [5.74, 6) is -0.190. The molecule has 96 valence electrons. The van der Waals surface area contributed by atoms with E-state index in [1.807, 2.05) is 0 Å². The van der Waals surface area contributed by atoms with Crippen molar-refractivity contribution in [3.8, 4) is 0 Å². The van der Waals surface area contributed by atoms with E-state index in [0.29, 0.717) is 14.3 Å². The van der Waals surface area contributed by atoms with Crippen LogP contribution in [0.2, 0.25) is 4.34 Å². The number of nitrogens with zero attached hydrogens (tertiary/aromatic N) is 2. The largest absolute Gasteiger partial charge is 0.296 e. The lowest BCUT2D eigenvalue weighted by atomic mass is 10.3. The standard InChI is InChI=1S/C11H12ClN3OS2/c1-2-3-4-9-14-15-11(18-9)13-10(16)7-5-6-8(12)17-7/h5-6H,2-4H2,1H3,(H,13,15,16). The number of hydrogen-bond donors (Lipinski definition) is 1. The second-order valence-corrected chi connectivity index (χ2v) is 6.44. The van der Waals surface area contributed by atoms with Gasteiger partial charge in [-0.15, -0.1) is 21.5 Å². The number of thiophene rings is 1. The lowest BCUT2D eigenvalue weighted by molar-refractivity contribution is 0.103. The van der Waals surface area contributed by atoms with Gasteiger partial charge in [-0.2, -0.15) is 0 Å². The molecule has 18 heavy (non-hydrogen) atoms. The average molecular weight is 302 g/mol. The van der Waals surface area contributed by atoms with Crippen molar-refractivity contribution in [2.24, 2.45) is 0 Å². The van der Waals surface area contributed by atoms with Crippen LogP contribution in [-0.2, 0) is 6.42 Å². The third kappa shape index (κ3) is 3.51. The number of nitrogens with one attached hydrogen (secondary N) is 1. The van der Waals surface area contributed by atoms with E-state index in [2.05, 4.69) is 22.4 Å². The average Bonchev–Trinajstić information content (AvgIpc) is 2.96. The van der Waals surface area contributed by atoms with E-state index >= 15 is 0 Å². The lowest BCUT2D eigenvalue weighted by Crippen LogP contribution is -2.09. The first kappa shape index (κ1) is 13.5. The molecule has 0 bridgehead atoms. The van der Waals surface area contributed by atoms with Gasteiger partial charge < -0.3 is 0 Å². The molecule has 2 heterocycles. The number of aryl methyl sites for hydroxylation is 1. The second kappa shape index (κ2) is 6.26. The summed E-state index contributed by atoms with van der Waals surface area (Å²) in [5.41, 5.74) is 0. The number of rotatable bonds is 5. The highest BCUT2D eigenvalue weighted by atomic mass is 35.5. The summed E-state index contributed by atoms with van der Waals surface area (Å²) in [4.78, 5) is 12.4. The Kier molecular flexibility index (Phi) is 4.68. The third-order valence-electron chi connectivity index (χ3n) is 2.23. The van der Waals surface area contributed by atoms with Crippen molar-refractivity contribution in [2.45, 2.75) is 26.2 Å². The van der Waals surface area contributed by atoms with Gasteiger partial charge in [0.15, 0.2) is 0 Å². The molecule has 4 nitrogen and oxygen atoms in total. The number of unbranched alkanes of at least 4 members (excludes halogenated alkanes) is 1. The van der Waals surface area contributed by atoms with Crippen LogP contribution in [0.3, 0.4) is 0 Å². The van der Waals surface area contributed by atoms with Gasteiger partial charge >= 0.3 is 0 Å². The molecule has 0 aliphatic carbocycles. The molecule has 0 radical (unpaired) electrons. The van der Waals surface area contributed by atoms with E-state index < -0.39 is 0 Å². The van der Waals surface area contributed by atoms with Crippen molar-refractivity contribution < 1.29 is 4.79 Å². The minimum absolute atomic E-state index is 0.190. The molecule has 1 amide bonds. The Morgan fingerprint density at radius 1 is 1.39 bits per heavy atom. The number of hydrogen-bond acceptors (Lipinski definition) is 5. The molecular weight excluding hydrogens is 290 g/mol. The summed E-state index contributed by atoms with van der Waals surface area (Å²) in [7, 11) is 0. The number of amides is 1. The maximum absolute atomic E-state index is 11.8. The normalized spacial score (nSPS) is 10.6. The summed E-state index contributed by atoms with van der Waals surface area (Å²) in [6.45, 7) is 2.13. The SMILES string of the molecule is CCCCc1nnc(NC(=O)c2ccc(Cl)s2)s1. The quantitative estimate of drug-likeness (QED) is 0.912. The summed E-state index contributed by atoms with van der Waals surface area (Å²) in [5, 5.41) is 12.2. The topological polar surface area (TPSA) is 54.9 Å². The van der Waals surface area contributed by atoms with E-state index in [1.54, 1.807) is 12.1 Å². The smallest absolute Gasteiger partial charge is 0.267 e. The van der Waals surface area contributed by atoms with Gasteiger partial charge in [0, 0.05) is 6.42 Å². The summed E-state index contributed by atoms with van der Waals surface area (Å²) in [6.07, 6.45) is 3.12. The van der Waals surface area contributed by atoms with Crippen molar-refractivity contribution in [3.63, 3.8) is 0 Å². The zero-order valence-electron chi connectivity index (χ0n) is 9.77. The van der Waals surface area contributed by atoms with Crippen LogP contribution in [0.1, 0.15) is 34.4 Å². The van der Waals surface area contributed by atoms with E-state index in [0.717, 1.165) is 24.3 Å². The summed E-state index contributed by atoms with van der Waals surface area (Å²) < 4.78 is 0.598. The highest BCUT2D eigenvalue weighted by Crippen LogP contribution is 2.23. The monoisotopic (exact) mass is 301 g/mol. The summed E-state index contributed by atoms with van der Waals surface area (Å²) in [6, 6.07) is 3.40. The van der Waals surface area contributed by atoms with E-state index in [1.165, 1.54) is 22.7 Å². The minimum Gasteiger partial charge on any atom is -0.296 e.